The van der Waals surface area contributed by atoms with Crippen LogP contribution in [0.2, 0.25) is 0 Å². The lowest BCUT2D eigenvalue weighted by atomic mass is 9.66. The van der Waals surface area contributed by atoms with E-state index in [2.05, 4.69) is 0 Å². The first-order valence-electron chi connectivity index (χ1n) is 14.7. The molecule has 5 aliphatic rings. The Hall–Kier alpha value is -3.86. The second-order valence-electron chi connectivity index (χ2n) is 11.5. The van der Waals surface area contributed by atoms with Gasteiger partial charge >= 0.3 is 5.97 Å². The largest absolute Gasteiger partial charge is 0.502 e. The van der Waals surface area contributed by atoms with E-state index in [0.29, 0.717) is 28.2 Å². The third kappa shape index (κ3) is 5.67. The number of carbonyl (C=O) groups is 2. The number of aliphatic hydroxyl groups is 2. The summed E-state index contributed by atoms with van der Waals surface area (Å²) in [4.78, 5) is 22.4. The molecular weight excluding hydrogens is 612 g/mol. The Balaban J connectivity index is 0.000000879. The molecule has 7 rings (SSSR count). The van der Waals surface area contributed by atoms with Gasteiger partial charge in [-0.15, -0.1) is 0 Å². The number of aromatic hydroxyl groups is 1. The first kappa shape index (κ1) is 32.1. The summed E-state index contributed by atoms with van der Waals surface area (Å²) in [5, 5.41) is 39.9. The number of rotatable bonds is 5. The van der Waals surface area contributed by atoms with Gasteiger partial charge in [0.1, 0.15) is 24.4 Å². The van der Waals surface area contributed by atoms with Crippen LogP contribution in [0, 0.1) is 11.8 Å². The van der Waals surface area contributed by atoms with E-state index in [-0.39, 0.29) is 37.3 Å². The van der Waals surface area contributed by atoms with Crippen molar-refractivity contribution in [2.24, 2.45) is 11.8 Å². The minimum Gasteiger partial charge on any atom is -0.502 e. The number of benzene rings is 2. The molecule has 1 aliphatic carbocycles. The maximum atomic E-state index is 13.4. The molecule has 0 amide bonds. The van der Waals surface area contributed by atoms with Gasteiger partial charge in [-0.25, -0.2) is 0 Å². The molecule has 2 aromatic carbocycles. The highest BCUT2D eigenvalue weighted by Crippen LogP contribution is 2.57. The molecule has 250 valence electrons. The Bertz CT molecular complexity index is 1450. The average Bonchev–Trinajstić information content (AvgIpc) is 3.65. The number of phenolic OH excluding ortho intramolecular Hbond substituents is 1. The number of ether oxygens (including phenoxy) is 9. The van der Waals surface area contributed by atoms with Gasteiger partial charge in [-0.3, -0.25) is 9.59 Å². The van der Waals surface area contributed by atoms with Crippen molar-refractivity contribution >= 4 is 11.9 Å². The lowest BCUT2D eigenvalue weighted by molar-refractivity contribution is -0.364. The fourth-order valence-electron chi connectivity index (χ4n) is 6.74. The summed E-state index contributed by atoms with van der Waals surface area (Å²) < 4.78 is 51.5. The summed E-state index contributed by atoms with van der Waals surface area (Å²) in [5.41, 5.74) is 2.01. The van der Waals surface area contributed by atoms with Crippen LogP contribution in [0.25, 0.3) is 0 Å². The zero-order chi connectivity index (χ0) is 32.9. The predicted molar refractivity (Wildman–Crippen MR) is 152 cm³/mol. The van der Waals surface area contributed by atoms with Crippen LogP contribution in [0.15, 0.2) is 24.3 Å². The molecular formula is C31H36O15. The molecule has 3 fully saturated rings. The zero-order valence-electron chi connectivity index (χ0n) is 25.5. The molecule has 2 unspecified atom stereocenters. The summed E-state index contributed by atoms with van der Waals surface area (Å²) >= 11 is 0. The topological polar surface area (TPSA) is 198 Å². The molecule has 4 heterocycles. The van der Waals surface area contributed by atoms with Gasteiger partial charge in [0.05, 0.1) is 39.5 Å². The van der Waals surface area contributed by atoms with Crippen molar-refractivity contribution in [1.82, 2.24) is 0 Å². The number of fused-ring (bicyclic) bond motifs is 4. The van der Waals surface area contributed by atoms with E-state index in [1.54, 1.807) is 31.2 Å². The number of cyclic esters (lactones) is 1. The quantitative estimate of drug-likeness (QED) is 0.339. The van der Waals surface area contributed by atoms with E-state index in [1.807, 2.05) is 0 Å². The minimum absolute atomic E-state index is 0.0301. The van der Waals surface area contributed by atoms with Gasteiger partial charge in [0.25, 0.3) is 5.97 Å². The number of esters is 1. The normalized spacial score (nSPS) is 33.8. The molecule has 0 bridgehead atoms. The number of carbonyl (C=O) groups excluding carboxylic acids is 1. The standard InChI is InChI=1S/C29H32O13.C2H4O2/c1-11-36-9-20-27(40-11)24(31)25(32)29(41-20)42-26-14-7-17-16(38-10-39-17)6-13(14)21(22-15(26)8-37-28(22)33)12-4-18(34-2)23(30)19(5-12)35-3;1-2(3)4/h4-7,11,15,20-22,24-27,29-32H,8-10H2,1-3H3;1H3,(H,3,4)/t11-,15?,20-,21-,22+,24-,25-,26?,27-,29+;/m1./s1. The summed E-state index contributed by atoms with van der Waals surface area (Å²) in [6.45, 7) is 3.01. The van der Waals surface area contributed by atoms with Gasteiger partial charge in [-0.1, -0.05) is 0 Å². The van der Waals surface area contributed by atoms with Crippen molar-refractivity contribution in [2.75, 3.05) is 34.2 Å². The van der Waals surface area contributed by atoms with Crippen molar-refractivity contribution in [3.05, 3.63) is 41.0 Å². The lowest BCUT2D eigenvalue weighted by Crippen LogP contribution is -2.63. The Morgan fingerprint density at radius 3 is 2.17 bits per heavy atom. The number of hydrogen-bond donors (Lipinski definition) is 4. The Morgan fingerprint density at radius 2 is 1.54 bits per heavy atom. The summed E-state index contributed by atoms with van der Waals surface area (Å²) in [7, 11) is 2.86. The summed E-state index contributed by atoms with van der Waals surface area (Å²) in [5.74, 6) is -1.86. The third-order valence-electron chi connectivity index (χ3n) is 8.75. The summed E-state index contributed by atoms with van der Waals surface area (Å²) in [6, 6.07) is 6.93. The molecule has 10 atom stereocenters. The van der Waals surface area contributed by atoms with Gasteiger partial charge in [0.2, 0.25) is 12.5 Å². The predicted octanol–water partition coefficient (Wildman–Crippen LogP) is 1.43. The van der Waals surface area contributed by atoms with Crippen LogP contribution in [-0.4, -0.2) is 104 Å². The molecule has 46 heavy (non-hydrogen) atoms. The van der Waals surface area contributed by atoms with Crippen molar-refractivity contribution in [3.8, 4) is 28.7 Å². The SMILES string of the molecule is CC(=O)O.COc1cc([C@@H]2c3cc4c(cc3C(O[C@@H]3O[C@@H]5CO[C@@H](C)O[C@H]5[C@H](O)[C@H]3O)C3COC(=O)[C@@H]32)OCO4)cc(OC)c1O. The summed E-state index contributed by atoms with van der Waals surface area (Å²) in [6.07, 6.45) is -6.80. The fourth-order valence-corrected chi connectivity index (χ4v) is 6.74. The van der Waals surface area contributed by atoms with Crippen LogP contribution < -0.4 is 18.9 Å². The first-order chi connectivity index (χ1) is 22.0. The van der Waals surface area contributed by atoms with Crippen LogP contribution in [0.4, 0.5) is 0 Å². The highest BCUT2D eigenvalue weighted by molar-refractivity contribution is 5.79. The molecule has 4 aliphatic heterocycles. The van der Waals surface area contributed by atoms with Gasteiger partial charge in [0.15, 0.2) is 35.6 Å². The van der Waals surface area contributed by atoms with E-state index in [9.17, 15) is 20.1 Å². The van der Waals surface area contributed by atoms with Crippen LogP contribution in [0.3, 0.4) is 0 Å². The van der Waals surface area contributed by atoms with Gasteiger partial charge in [-0.2, -0.15) is 0 Å². The third-order valence-corrected chi connectivity index (χ3v) is 8.75. The molecule has 15 nitrogen and oxygen atoms in total. The van der Waals surface area contributed by atoms with Crippen LogP contribution in [-0.2, 0) is 33.3 Å². The number of phenols is 1. The van der Waals surface area contributed by atoms with E-state index >= 15 is 0 Å². The molecule has 0 spiro atoms. The number of methoxy groups -OCH3 is 2. The number of hydrogen-bond acceptors (Lipinski definition) is 14. The smallest absolute Gasteiger partial charge is 0.310 e. The zero-order valence-corrected chi connectivity index (χ0v) is 25.5. The number of aliphatic carboxylic acids is 1. The molecule has 0 radical (unpaired) electrons. The van der Waals surface area contributed by atoms with Crippen molar-refractivity contribution in [3.63, 3.8) is 0 Å². The average molecular weight is 649 g/mol. The Kier molecular flexibility index (Phi) is 8.89. The van der Waals surface area contributed by atoms with Gasteiger partial charge < -0.3 is 63.1 Å². The van der Waals surface area contributed by atoms with Crippen molar-refractivity contribution < 1.29 is 72.6 Å². The van der Waals surface area contributed by atoms with Gasteiger partial charge in [-0.05, 0) is 47.9 Å². The van der Waals surface area contributed by atoms with E-state index in [1.165, 1.54) is 14.2 Å². The second kappa shape index (κ2) is 12.7. The second-order valence-corrected chi connectivity index (χ2v) is 11.5. The Labute approximate surface area is 263 Å². The monoisotopic (exact) mass is 648 g/mol. The maximum Gasteiger partial charge on any atom is 0.310 e. The van der Waals surface area contributed by atoms with E-state index in [0.717, 1.165) is 6.92 Å². The molecule has 3 saturated heterocycles. The number of aliphatic hydroxyl groups excluding tert-OH is 2. The van der Waals surface area contributed by atoms with Crippen molar-refractivity contribution in [2.45, 2.75) is 62.9 Å². The lowest BCUT2D eigenvalue weighted by Gasteiger charge is -2.47. The molecule has 0 saturated carbocycles. The Morgan fingerprint density at radius 1 is 0.913 bits per heavy atom. The fraction of sp³-hybridized carbons (Fsp3) is 0.548. The molecule has 15 heteroatoms. The van der Waals surface area contributed by atoms with E-state index in [4.69, 9.17) is 52.5 Å². The first-order valence-corrected chi connectivity index (χ1v) is 14.7. The highest BCUT2D eigenvalue weighted by Gasteiger charge is 2.56. The number of carboxylic acid groups (broad SMARTS) is 1. The number of carboxylic acids is 1. The molecule has 0 aromatic heterocycles. The van der Waals surface area contributed by atoms with Crippen molar-refractivity contribution in [1.29, 1.82) is 0 Å². The van der Waals surface area contributed by atoms with E-state index < -0.39 is 72.8 Å². The van der Waals surface area contributed by atoms with Crippen LogP contribution in [0.5, 0.6) is 28.7 Å². The minimum atomic E-state index is -1.44. The van der Waals surface area contributed by atoms with Crippen LogP contribution >= 0.6 is 0 Å². The maximum absolute atomic E-state index is 13.4. The molecule has 2 aromatic rings. The molecule has 4 N–H and O–H groups in total. The van der Waals surface area contributed by atoms with Crippen LogP contribution in [0.1, 0.15) is 42.6 Å². The van der Waals surface area contributed by atoms with Gasteiger partial charge in [0, 0.05) is 18.8 Å². The highest BCUT2D eigenvalue weighted by atomic mass is 16.8.